The molecule has 0 unspecified atom stereocenters. The molecule has 6 heteroatoms. The Morgan fingerprint density at radius 3 is 2.37 bits per heavy atom. The van der Waals surface area contributed by atoms with Gasteiger partial charge in [-0.25, -0.2) is 4.98 Å². The van der Waals surface area contributed by atoms with Crippen molar-refractivity contribution in [3.63, 3.8) is 0 Å². The van der Waals surface area contributed by atoms with E-state index in [1.165, 1.54) is 0 Å². The van der Waals surface area contributed by atoms with Gasteiger partial charge in [0.1, 0.15) is 5.82 Å². The van der Waals surface area contributed by atoms with E-state index in [-0.39, 0.29) is 24.8 Å². The average molecular weight is 315 g/mol. The summed E-state index contributed by atoms with van der Waals surface area (Å²) in [5.41, 5.74) is 9.30. The molecule has 100 valence electrons. The molecule has 0 bridgehead atoms. The molecule has 0 aliphatic heterocycles. The van der Waals surface area contributed by atoms with Gasteiger partial charge in [-0.3, -0.25) is 0 Å². The molecule has 0 fully saturated rings. The van der Waals surface area contributed by atoms with Crippen LogP contribution in [0.3, 0.4) is 0 Å². The highest BCUT2D eigenvalue weighted by molar-refractivity contribution is 6.30. The van der Waals surface area contributed by atoms with E-state index in [1.54, 1.807) is 0 Å². The molecule has 0 spiro atoms. The molecule has 0 saturated carbocycles. The summed E-state index contributed by atoms with van der Waals surface area (Å²) in [6, 6.07) is 13.2. The molecule has 19 heavy (non-hydrogen) atoms. The first-order valence-electron chi connectivity index (χ1n) is 5.23. The number of nitrogens with one attached hydrogen (secondary N) is 1. The van der Waals surface area contributed by atoms with Crippen LogP contribution in [0.2, 0.25) is 5.02 Å². The SMILES string of the molecule is Nc1ccc2nc(-c3ccc(Cl)cc3)[nH]c2c1.[Cl-].[Cl-]. The predicted molar refractivity (Wildman–Crippen MR) is 71.0 cm³/mol. The fraction of sp³-hybridized carbons (Fsp3) is 0. The highest BCUT2D eigenvalue weighted by Gasteiger charge is 2.05. The Bertz CT molecular complexity index is 677. The van der Waals surface area contributed by atoms with Crippen molar-refractivity contribution in [3.8, 4) is 11.4 Å². The van der Waals surface area contributed by atoms with Crippen LogP contribution in [0.25, 0.3) is 22.4 Å². The molecule has 1 aromatic heterocycles. The zero-order valence-corrected chi connectivity index (χ0v) is 12.0. The first-order valence-corrected chi connectivity index (χ1v) is 5.61. The summed E-state index contributed by atoms with van der Waals surface area (Å²) in [7, 11) is 0. The highest BCUT2D eigenvalue weighted by atomic mass is 35.5. The van der Waals surface area contributed by atoms with Crippen molar-refractivity contribution in [1.82, 2.24) is 9.97 Å². The Morgan fingerprint density at radius 2 is 1.68 bits per heavy atom. The molecule has 2 aromatic carbocycles. The van der Waals surface area contributed by atoms with Crippen LogP contribution < -0.4 is 30.5 Å². The lowest BCUT2D eigenvalue weighted by Crippen LogP contribution is -3.00. The van der Waals surface area contributed by atoms with Gasteiger partial charge in [-0.1, -0.05) is 11.6 Å². The van der Waals surface area contributed by atoms with Crippen molar-refractivity contribution in [3.05, 3.63) is 47.5 Å². The minimum Gasteiger partial charge on any atom is -1.00 e. The van der Waals surface area contributed by atoms with Gasteiger partial charge in [-0.2, -0.15) is 0 Å². The quantitative estimate of drug-likeness (QED) is 0.487. The number of rotatable bonds is 1. The number of H-pyrrole nitrogens is 1. The molecular formula is C13H10Cl3N3-2. The van der Waals surface area contributed by atoms with E-state index < -0.39 is 0 Å². The summed E-state index contributed by atoms with van der Waals surface area (Å²) in [4.78, 5) is 7.74. The van der Waals surface area contributed by atoms with Gasteiger partial charge in [-0.05, 0) is 42.5 Å². The van der Waals surface area contributed by atoms with Gasteiger partial charge in [0.05, 0.1) is 11.0 Å². The minimum absolute atomic E-state index is 0. The van der Waals surface area contributed by atoms with Gasteiger partial charge < -0.3 is 35.5 Å². The monoisotopic (exact) mass is 313 g/mol. The van der Waals surface area contributed by atoms with Gasteiger partial charge in [0.15, 0.2) is 0 Å². The zero-order chi connectivity index (χ0) is 11.8. The second-order valence-electron chi connectivity index (χ2n) is 3.87. The fourth-order valence-corrected chi connectivity index (χ4v) is 1.90. The average Bonchev–Trinajstić information content (AvgIpc) is 2.72. The van der Waals surface area contributed by atoms with E-state index in [1.807, 2.05) is 42.5 Å². The van der Waals surface area contributed by atoms with Gasteiger partial charge in [0.2, 0.25) is 0 Å². The summed E-state index contributed by atoms with van der Waals surface area (Å²) >= 11 is 5.85. The van der Waals surface area contributed by atoms with Crippen molar-refractivity contribution >= 4 is 28.3 Å². The summed E-state index contributed by atoms with van der Waals surface area (Å²) in [5, 5.41) is 0.717. The molecule has 3 aromatic rings. The van der Waals surface area contributed by atoms with E-state index in [0.717, 1.165) is 28.1 Å². The number of fused-ring (bicyclic) bond motifs is 1. The smallest absolute Gasteiger partial charge is 0.138 e. The highest BCUT2D eigenvalue weighted by Crippen LogP contribution is 2.23. The largest absolute Gasteiger partial charge is 1.00 e. The number of anilines is 1. The number of nitrogens with two attached hydrogens (primary N) is 1. The van der Waals surface area contributed by atoms with Gasteiger partial charge >= 0.3 is 0 Å². The zero-order valence-electron chi connectivity index (χ0n) is 9.70. The van der Waals surface area contributed by atoms with Gasteiger partial charge in [-0.15, -0.1) is 0 Å². The summed E-state index contributed by atoms with van der Waals surface area (Å²) in [5.74, 6) is 0.822. The number of aromatic amines is 1. The van der Waals surface area contributed by atoms with Crippen LogP contribution in [0.4, 0.5) is 5.69 Å². The van der Waals surface area contributed by atoms with Crippen LogP contribution in [0.5, 0.6) is 0 Å². The van der Waals surface area contributed by atoms with Crippen molar-refractivity contribution in [2.24, 2.45) is 0 Å². The predicted octanol–water partition coefficient (Wildman–Crippen LogP) is -2.53. The molecule has 0 atom stereocenters. The maximum Gasteiger partial charge on any atom is 0.138 e. The molecular weight excluding hydrogens is 305 g/mol. The first-order chi connectivity index (χ1) is 8.22. The number of imidazole rings is 1. The lowest BCUT2D eigenvalue weighted by Gasteiger charge is -1.95. The third-order valence-corrected chi connectivity index (χ3v) is 2.88. The van der Waals surface area contributed by atoms with Crippen molar-refractivity contribution in [2.75, 3.05) is 5.73 Å². The Morgan fingerprint density at radius 1 is 1.00 bits per heavy atom. The Hall–Kier alpha value is -1.42. The van der Waals surface area contributed by atoms with Crippen molar-refractivity contribution in [2.45, 2.75) is 0 Å². The molecule has 0 radical (unpaired) electrons. The maximum absolute atomic E-state index is 5.85. The topological polar surface area (TPSA) is 54.7 Å². The van der Waals surface area contributed by atoms with Crippen molar-refractivity contribution < 1.29 is 24.8 Å². The third-order valence-electron chi connectivity index (χ3n) is 2.62. The van der Waals surface area contributed by atoms with Crippen LogP contribution in [-0.2, 0) is 0 Å². The molecule has 0 aliphatic rings. The number of nitrogen functional groups attached to an aromatic ring is 1. The molecule has 0 saturated heterocycles. The van der Waals surface area contributed by atoms with Crippen LogP contribution in [-0.4, -0.2) is 9.97 Å². The first kappa shape index (κ1) is 15.6. The molecule has 3 nitrogen and oxygen atoms in total. The van der Waals surface area contributed by atoms with Crippen LogP contribution in [0.1, 0.15) is 0 Å². The Kier molecular flexibility index (Phi) is 5.06. The van der Waals surface area contributed by atoms with Crippen LogP contribution in [0.15, 0.2) is 42.5 Å². The fourth-order valence-electron chi connectivity index (χ4n) is 1.77. The Balaban J connectivity index is 0.000000902. The normalized spacial score (nSPS) is 9.74. The van der Waals surface area contributed by atoms with E-state index in [2.05, 4.69) is 9.97 Å². The number of hydrogen-bond acceptors (Lipinski definition) is 2. The molecule has 0 aliphatic carbocycles. The molecule has 3 N–H and O–H groups in total. The second kappa shape index (κ2) is 6.15. The molecule has 3 rings (SSSR count). The lowest BCUT2D eigenvalue weighted by molar-refractivity contribution is -0.001000. The number of aromatic nitrogens is 2. The van der Waals surface area contributed by atoms with E-state index in [9.17, 15) is 0 Å². The minimum atomic E-state index is 0. The number of hydrogen-bond donors (Lipinski definition) is 2. The van der Waals surface area contributed by atoms with Gasteiger partial charge in [0, 0.05) is 16.3 Å². The van der Waals surface area contributed by atoms with E-state index in [0.29, 0.717) is 5.02 Å². The van der Waals surface area contributed by atoms with Crippen LogP contribution >= 0.6 is 11.6 Å². The molecule has 0 amide bonds. The Labute approximate surface area is 128 Å². The second-order valence-corrected chi connectivity index (χ2v) is 4.31. The summed E-state index contributed by atoms with van der Waals surface area (Å²) < 4.78 is 0. The van der Waals surface area contributed by atoms with Gasteiger partial charge in [0.25, 0.3) is 0 Å². The number of nitrogens with zero attached hydrogens (tertiary/aromatic N) is 1. The number of benzene rings is 2. The maximum atomic E-state index is 5.85. The van der Waals surface area contributed by atoms with E-state index in [4.69, 9.17) is 17.3 Å². The lowest BCUT2D eigenvalue weighted by atomic mass is 10.2. The van der Waals surface area contributed by atoms with Crippen LogP contribution in [0, 0.1) is 0 Å². The van der Waals surface area contributed by atoms with Crippen molar-refractivity contribution in [1.29, 1.82) is 0 Å². The number of halogens is 3. The standard InChI is InChI=1S/C13H10ClN3.2ClH/c14-9-3-1-8(2-4-9)13-16-11-6-5-10(15)7-12(11)17-13;;/h1-7H,15H2,(H,16,17);2*1H/p-2. The summed E-state index contributed by atoms with van der Waals surface area (Å²) in [6.45, 7) is 0. The van der Waals surface area contributed by atoms with E-state index >= 15 is 0 Å². The third kappa shape index (κ3) is 3.13. The molecule has 1 heterocycles. The summed E-state index contributed by atoms with van der Waals surface area (Å²) in [6.07, 6.45) is 0.